The topological polar surface area (TPSA) is 26.0 Å². The third kappa shape index (κ3) is 2.34. The third-order valence-corrected chi connectivity index (χ3v) is 3.01. The molecule has 3 heteroatoms. The molecule has 0 radical (unpaired) electrons. The highest BCUT2D eigenvalue weighted by atomic mass is 127. The summed E-state index contributed by atoms with van der Waals surface area (Å²) in [6.45, 7) is 2.07. The highest BCUT2D eigenvalue weighted by molar-refractivity contribution is 14.1. The molecule has 0 aliphatic heterocycles. The fourth-order valence-electron chi connectivity index (χ4n) is 1.02. The minimum atomic E-state index is 0.107. The SMILES string of the molecule is CC[C@@H](N)c1cc(Cl)ccc1I. The predicted molar refractivity (Wildman–Crippen MR) is 61.4 cm³/mol. The van der Waals surface area contributed by atoms with Crippen molar-refractivity contribution < 1.29 is 0 Å². The zero-order valence-corrected chi connectivity index (χ0v) is 9.76. The van der Waals surface area contributed by atoms with Gasteiger partial charge in [0.1, 0.15) is 0 Å². The first kappa shape index (κ1) is 10.3. The van der Waals surface area contributed by atoms with Crippen molar-refractivity contribution in [3.05, 3.63) is 32.4 Å². The van der Waals surface area contributed by atoms with Crippen molar-refractivity contribution in [1.82, 2.24) is 0 Å². The maximum atomic E-state index is 5.90. The molecule has 0 unspecified atom stereocenters. The van der Waals surface area contributed by atoms with E-state index in [2.05, 4.69) is 29.5 Å². The Hall–Kier alpha value is 0.200. The van der Waals surface area contributed by atoms with Gasteiger partial charge in [-0.1, -0.05) is 18.5 Å². The lowest BCUT2D eigenvalue weighted by Gasteiger charge is -2.11. The molecule has 0 bridgehead atoms. The minimum absolute atomic E-state index is 0.107. The summed E-state index contributed by atoms with van der Waals surface area (Å²) in [5.41, 5.74) is 7.04. The van der Waals surface area contributed by atoms with E-state index in [1.54, 1.807) is 0 Å². The molecule has 0 aliphatic rings. The lowest BCUT2D eigenvalue weighted by molar-refractivity contribution is 0.695. The van der Waals surface area contributed by atoms with Gasteiger partial charge in [0.15, 0.2) is 0 Å². The molecule has 0 saturated carbocycles. The van der Waals surface area contributed by atoms with E-state index in [1.165, 1.54) is 3.57 Å². The Bertz CT molecular complexity index is 275. The van der Waals surface area contributed by atoms with Crippen LogP contribution in [0.5, 0.6) is 0 Å². The van der Waals surface area contributed by atoms with Crippen molar-refractivity contribution in [2.45, 2.75) is 19.4 Å². The highest BCUT2D eigenvalue weighted by Crippen LogP contribution is 2.23. The van der Waals surface area contributed by atoms with Gasteiger partial charge in [-0.3, -0.25) is 0 Å². The van der Waals surface area contributed by atoms with Crippen LogP contribution in [0.1, 0.15) is 24.9 Å². The van der Waals surface area contributed by atoms with Crippen LogP contribution in [0.2, 0.25) is 5.02 Å². The normalized spacial score (nSPS) is 13.0. The van der Waals surface area contributed by atoms with E-state index in [9.17, 15) is 0 Å². The molecule has 0 amide bonds. The fourth-order valence-corrected chi connectivity index (χ4v) is 1.93. The molecule has 0 heterocycles. The molecule has 1 atom stereocenters. The minimum Gasteiger partial charge on any atom is -0.324 e. The maximum absolute atomic E-state index is 5.90. The van der Waals surface area contributed by atoms with Crippen molar-refractivity contribution in [2.75, 3.05) is 0 Å². The third-order valence-electron chi connectivity index (χ3n) is 1.80. The van der Waals surface area contributed by atoms with E-state index in [0.717, 1.165) is 17.0 Å². The summed E-state index contributed by atoms with van der Waals surface area (Å²) < 4.78 is 1.19. The van der Waals surface area contributed by atoms with Gasteiger partial charge in [0.05, 0.1) is 0 Å². The predicted octanol–water partition coefficient (Wildman–Crippen LogP) is 3.35. The largest absolute Gasteiger partial charge is 0.324 e. The smallest absolute Gasteiger partial charge is 0.0410 e. The number of halogens is 2. The van der Waals surface area contributed by atoms with E-state index < -0.39 is 0 Å². The Balaban J connectivity index is 3.04. The summed E-state index contributed by atoms with van der Waals surface area (Å²) in [5, 5.41) is 0.759. The molecular formula is C9H11ClIN. The second-order valence-corrected chi connectivity index (χ2v) is 4.28. The van der Waals surface area contributed by atoms with Crippen LogP contribution in [0.25, 0.3) is 0 Å². The van der Waals surface area contributed by atoms with Crippen LogP contribution in [0.3, 0.4) is 0 Å². The van der Waals surface area contributed by atoms with Crippen LogP contribution in [0, 0.1) is 3.57 Å². The first-order chi connectivity index (χ1) is 5.65. The molecule has 2 N–H and O–H groups in total. The van der Waals surface area contributed by atoms with Gasteiger partial charge >= 0.3 is 0 Å². The van der Waals surface area contributed by atoms with Gasteiger partial charge in [0.2, 0.25) is 0 Å². The van der Waals surface area contributed by atoms with Crippen LogP contribution in [-0.2, 0) is 0 Å². The summed E-state index contributed by atoms with van der Waals surface area (Å²) in [5.74, 6) is 0. The molecule has 1 aromatic rings. The van der Waals surface area contributed by atoms with E-state index >= 15 is 0 Å². The lowest BCUT2D eigenvalue weighted by Crippen LogP contribution is -2.10. The standard InChI is InChI=1S/C9H11ClIN/c1-2-9(12)7-5-6(10)3-4-8(7)11/h3-5,9H,2,12H2,1H3/t9-/m1/s1. The number of nitrogens with two attached hydrogens (primary N) is 1. The second-order valence-electron chi connectivity index (χ2n) is 2.68. The van der Waals surface area contributed by atoms with Crippen molar-refractivity contribution in [3.63, 3.8) is 0 Å². The van der Waals surface area contributed by atoms with Crippen LogP contribution in [-0.4, -0.2) is 0 Å². The Labute approximate surface area is 91.4 Å². The fraction of sp³-hybridized carbons (Fsp3) is 0.333. The average Bonchev–Trinajstić information content (AvgIpc) is 2.08. The highest BCUT2D eigenvalue weighted by Gasteiger charge is 2.07. The van der Waals surface area contributed by atoms with Gasteiger partial charge in [-0.15, -0.1) is 0 Å². The van der Waals surface area contributed by atoms with Crippen LogP contribution >= 0.6 is 34.2 Å². The maximum Gasteiger partial charge on any atom is 0.0410 e. The van der Waals surface area contributed by atoms with E-state index in [1.807, 2.05) is 18.2 Å². The summed E-state index contributed by atoms with van der Waals surface area (Å²) in [6, 6.07) is 5.93. The van der Waals surface area contributed by atoms with Crippen LogP contribution in [0.15, 0.2) is 18.2 Å². The Morgan fingerprint density at radius 1 is 1.58 bits per heavy atom. The molecule has 0 saturated heterocycles. The van der Waals surface area contributed by atoms with Crippen LogP contribution < -0.4 is 5.73 Å². The molecule has 12 heavy (non-hydrogen) atoms. The monoisotopic (exact) mass is 295 g/mol. The van der Waals surface area contributed by atoms with E-state index in [4.69, 9.17) is 17.3 Å². The molecule has 1 rings (SSSR count). The van der Waals surface area contributed by atoms with Gasteiger partial charge in [-0.25, -0.2) is 0 Å². The first-order valence-corrected chi connectivity index (χ1v) is 5.31. The number of rotatable bonds is 2. The zero-order chi connectivity index (χ0) is 9.14. The number of hydrogen-bond acceptors (Lipinski definition) is 1. The van der Waals surface area contributed by atoms with Gasteiger partial charge in [0.25, 0.3) is 0 Å². The molecule has 66 valence electrons. The number of hydrogen-bond donors (Lipinski definition) is 1. The van der Waals surface area contributed by atoms with Gasteiger partial charge in [0, 0.05) is 14.6 Å². The summed E-state index contributed by atoms with van der Waals surface area (Å²) in [6.07, 6.45) is 0.941. The van der Waals surface area contributed by atoms with Crippen LogP contribution in [0.4, 0.5) is 0 Å². The molecule has 0 aliphatic carbocycles. The van der Waals surface area contributed by atoms with E-state index in [0.29, 0.717) is 0 Å². The second kappa shape index (κ2) is 4.44. The number of benzene rings is 1. The molecule has 1 aromatic carbocycles. The molecule has 0 spiro atoms. The summed E-state index contributed by atoms with van der Waals surface area (Å²) in [4.78, 5) is 0. The van der Waals surface area contributed by atoms with Gasteiger partial charge in [-0.2, -0.15) is 0 Å². The quantitative estimate of drug-likeness (QED) is 0.832. The molecule has 0 aromatic heterocycles. The van der Waals surface area contributed by atoms with Crippen molar-refractivity contribution in [1.29, 1.82) is 0 Å². The Morgan fingerprint density at radius 2 is 2.25 bits per heavy atom. The molecular weight excluding hydrogens is 284 g/mol. The van der Waals surface area contributed by atoms with Crippen molar-refractivity contribution in [3.8, 4) is 0 Å². The Morgan fingerprint density at radius 3 is 2.83 bits per heavy atom. The molecule has 1 nitrogen and oxygen atoms in total. The van der Waals surface area contributed by atoms with Gasteiger partial charge in [-0.05, 0) is 52.8 Å². The Kier molecular flexibility index (Phi) is 3.80. The summed E-state index contributed by atoms with van der Waals surface area (Å²) >= 11 is 8.14. The summed E-state index contributed by atoms with van der Waals surface area (Å²) in [7, 11) is 0. The lowest BCUT2D eigenvalue weighted by atomic mass is 10.1. The average molecular weight is 296 g/mol. The molecule has 0 fully saturated rings. The van der Waals surface area contributed by atoms with Crippen molar-refractivity contribution >= 4 is 34.2 Å². The van der Waals surface area contributed by atoms with Gasteiger partial charge < -0.3 is 5.73 Å². The van der Waals surface area contributed by atoms with E-state index in [-0.39, 0.29) is 6.04 Å². The zero-order valence-electron chi connectivity index (χ0n) is 6.85. The first-order valence-electron chi connectivity index (χ1n) is 3.85. The van der Waals surface area contributed by atoms with Crippen molar-refractivity contribution in [2.24, 2.45) is 5.73 Å².